The van der Waals surface area contributed by atoms with Crippen molar-refractivity contribution >= 4 is 23.4 Å². The molecule has 0 aromatic heterocycles. The standard InChI is InChI=1S/C19H19ClN2O2/c20-16-10-8-15(9-11-16)18(23)21-17(14-6-2-1-3-7-14)19(24)22-12-4-5-13-22/h1-3,6-11,17H,4-5,12-13H2,(H,21,23)/t17-/m0/s1. The van der Waals surface area contributed by atoms with Crippen molar-refractivity contribution in [1.82, 2.24) is 10.2 Å². The first-order chi connectivity index (χ1) is 11.6. The molecule has 0 aliphatic carbocycles. The van der Waals surface area contributed by atoms with Crippen LogP contribution in [0.5, 0.6) is 0 Å². The third-order valence-corrected chi connectivity index (χ3v) is 4.43. The highest BCUT2D eigenvalue weighted by Crippen LogP contribution is 2.20. The van der Waals surface area contributed by atoms with E-state index in [0.717, 1.165) is 31.5 Å². The molecular weight excluding hydrogens is 324 g/mol. The zero-order valence-electron chi connectivity index (χ0n) is 13.2. The molecule has 3 rings (SSSR count). The van der Waals surface area contributed by atoms with Crippen LogP contribution in [0.1, 0.15) is 34.8 Å². The first-order valence-corrected chi connectivity index (χ1v) is 8.43. The first kappa shape index (κ1) is 16.5. The minimum absolute atomic E-state index is 0.0546. The zero-order chi connectivity index (χ0) is 16.9. The van der Waals surface area contributed by atoms with Crippen molar-refractivity contribution in [2.24, 2.45) is 0 Å². The number of carbonyl (C=O) groups is 2. The van der Waals surface area contributed by atoms with Gasteiger partial charge in [0.05, 0.1) is 0 Å². The summed E-state index contributed by atoms with van der Waals surface area (Å²) in [5.41, 5.74) is 1.27. The van der Waals surface area contributed by atoms with E-state index in [1.165, 1.54) is 0 Å². The van der Waals surface area contributed by atoms with E-state index in [1.54, 1.807) is 24.3 Å². The third-order valence-electron chi connectivity index (χ3n) is 4.18. The molecule has 1 N–H and O–H groups in total. The number of hydrogen-bond donors (Lipinski definition) is 1. The van der Waals surface area contributed by atoms with E-state index in [1.807, 2.05) is 35.2 Å². The molecule has 0 unspecified atom stereocenters. The number of rotatable bonds is 4. The summed E-state index contributed by atoms with van der Waals surface area (Å²) < 4.78 is 0. The second kappa shape index (κ2) is 7.49. The first-order valence-electron chi connectivity index (χ1n) is 8.05. The van der Waals surface area contributed by atoms with Crippen molar-refractivity contribution in [2.75, 3.05) is 13.1 Å². The van der Waals surface area contributed by atoms with Crippen LogP contribution < -0.4 is 5.32 Å². The Bertz CT molecular complexity index is 710. The molecule has 1 aliphatic heterocycles. The average Bonchev–Trinajstić information content (AvgIpc) is 3.15. The third kappa shape index (κ3) is 3.77. The molecule has 1 aliphatic rings. The highest BCUT2D eigenvalue weighted by molar-refractivity contribution is 6.30. The van der Waals surface area contributed by atoms with Gasteiger partial charge in [-0.3, -0.25) is 9.59 Å². The Hall–Kier alpha value is -2.33. The van der Waals surface area contributed by atoms with Gasteiger partial charge >= 0.3 is 0 Å². The van der Waals surface area contributed by atoms with Gasteiger partial charge in [-0.15, -0.1) is 0 Å². The zero-order valence-corrected chi connectivity index (χ0v) is 14.0. The fraction of sp³-hybridized carbons (Fsp3) is 0.263. The molecule has 0 radical (unpaired) electrons. The van der Waals surface area contributed by atoms with Crippen molar-refractivity contribution in [3.8, 4) is 0 Å². The summed E-state index contributed by atoms with van der Waals surface area (Å²) in [6.45, 7) is 1.50. The normalized spacial score (nSPS) is 15.1. The van der Waals surface area contributed by atoms with Crippen LogP contribution in [-0.4, -0.2) is 29.8 Å². The van der Waals surface area contributed by atoms with Crippen molar-refractivity contribution in [1.29, 1.82) is 0 Å². The number of hydrogen-bond acceptors (Lipinski definition) is 2. The van der Waals surface area contributed by atoms with Gasteiger partial charge in [0.2, 0.25) is 5.91 Å². The average molecular weight is 343 g/mol. The summed E-state index contributed by atoms with van der Waals surface area (Å²) in [4.78, 5) is 27.2. The highest BCUT2D eigenvalue weighted by atomic mass is 35.5. The second-order valence-corrected chi connectivity index (χ2v) is 6.29. The van der Waals surface area contributed by atoms with Gasteiger partial charge in [0.15, 0.2) is 0 Å². The molecular formula is C19H19ClN2O2. The van der Waals surface area contributed by atoms with Gasteiger partial charge in [-0.2, -0.15) is 0 Å². The minimum Gasteiger partial charge on any atom is -0.341 e. The lowest BCUT2D eigenvalue weighted by Gasteiger charge is -2.24. The molecule has 1 heterocycles. The molecule has 0 saturated carbocycles. The van der Waals surface area contributed by atoms with E-state index in [2.05, 4.69) is 5.32 Å². The number of nitrogens with zero attached hydrogens (tertiary/aromatic N) is 1. The van der Waals surface area contributed by atoms with Gasteiger partial charge < -0.3 is 10.2 Å². The van der Waals surface area contributed by atoms with E-state index >= 15 is 0 Å². The maximum absolute atomic E-state index is 12.9. The van der Waals surface area contributed by atoms with Crippen LogP contribution >= 0.6 is 11.6 Å². The summed E-state index contributed by atoms with van der Waals surface area (Å²) >= 11 is 5.86. The monoisotopic (exact) mass is 342 g/mol. The molecule has 0 spiro atoms. The second-order valence-electron chi connectivity index (χ2n) is 5.86. The summed E-state index contributed by atoms with van der Waals surface area (Å²) in [7, 11) is 0. The molecule has 2 aromatic rings. The molecule has 24 heavy (non-hydrogen) atoms. The predicted molar refractivity (Wildman–Crippen MR) is 93.9 cm³/mol. The fourth-order valence-corrected chi connectivity index (χ4v) is 2.99. The van der Waals surface area contributed by atoms with E-state index < -0.39 is 6.04 Å². The Balaban J connectivity index is 1.83. The molecule has 1 saturated heterocycles. The molecule has 1 fully saturated rings. The number of amides is 2. The molecule has 5 heteroatoms. The number of halogens is 1. The SMILES string of the molecule is O=C(N[C@H](C(=O)N1CCCC1)c1ccccc1)c1ccc(Cl)cc1. The van der Waals surface area contributed by atoms with Crippen LogP contribution in [-0.2, 0) is 4.79 Å². The lowest BCUT2D eigenvalue weighted by Crippen LogP contribution is -2.41. The Morgan fingerprint density at radius 2 is 1.58 bits per heavy atom. The van der Waals surface area contributed by atoms with E-state index in [0.29, 0.717) is 10.6 Å². The summed E-state index contributed by atoms with van der Waals surface area (Å²) in [5.74, 6) is -0.339. The molecule has 4 nitrogen and oxygen atoms in total. The van der Waals surface area contributed by atoms with Crippen molar-refractivity contribution in [2.45, 2.75) is 18.9 Å². The molecule has 2 aromatic carbocycles. The summed E-state index contributed by atoms with van der Waals surface area (Å²) in [6, 6.07) is 15.3. The van der Waals surface area contributed by atoms with Gasteiger partial charge in [0.1, 0.15) is 6.04 Å². The van der Waals surface area contributed by atoms with Crippen molar-refractivity contribution in [3.05, 3.63) is 70.7 Å². The summed E-state index contributed by atoms with van der Waals surface area (Å²) in [5, 5.41) is 3.44. The Morgan fingerprint density at radius 1 is 0.958 bits per heavy atom. The van der Waals surface area contributed by atoms with E-state index in [-0.39, 0.29) is 11.8 Å². The topological polar surface area (TPSA) is 49.4 Å². The minimum atomic E-state index is -0.674. The Kier molecular flexibility index (Phi) is 5.16. The lowest BCUT2D eigenvalue weighted by molar-refractivity contribution is -0.132. The number of likely N-dealkylation sites (tertiary alicyclic amines) is 1. The maximum Gasteiger partial charge on any atom is 0.252 e. The quantitative estimate of drug-likeness (QED) is 0.925. The van der Waals surface area contributed by atoms with Crippen molar-refractivity contribution < 1.29 is 9.59 Å². The smallest absolute Gasteiger partial charge is 0.252 e. The van der Waals surface area contributed by atoms with E-state index in [9.17, 15) is 9.59 Å². The lowest BCUT2D eigenvalue weighted by atomic mass is 10.0. The van der Waals surface area contributed by atoms with E-state index in [4.69, 9.17) is 11.6 Å². The number of nitrogens with one attached hydrogen (secondary N) is 1. The molecule has 2 amide bonds. The Morgan fingerprint density at radius 3 is 2.21 bits per heavy atom. The van der Waals surface area contributed by atoms with Crippen molar-refractivity contribution in [3.63, 3.8) is 0 Å². The van der Waals surface area contributed by atoms with Gasteiger partial charge in [-0.25, -0.2) is 0 Å². The van der Waals surface area contributed by atoms with Crippen LogP contribution in [0.3, 0.4) is 0 Å². The number of benzene rings is 2. The van der Waals surface area contributed by atoms with Crippen LogP contribution in [0.4, 0.5) is 0 Å². The Labute approximate surface area is 146 Å². The van der Waals surface area contributed by atoms with Crippen LogP contribution in [0.15, 0.2) is 54.6 Å². The molecule has 124 valence electrons. The van der Waals surface area contributed by atoms with Crippen LogP contribution in [0.2, 0.25) is 5.02 Å². The van der Waals surface area contributed by atoms with Crippen LogP contribution in [0.25, 0.3) is 0 Å². The van der Waals surface area contributed by atoms with Gasteiger partial charge in [-0.1, -0.05) is 41.9 Å². The summed E-state index contributed by atoms with van der Waals surface area (Å²) in [6.07, 6.45) is 2.02. The van der Waals surface area contributed by atoms with Gasteiger partial charge in [0, 0.05) is 23.7 Å². The largest absolute Gasteiger partial charge is 0.341 e. The maximum atomic E-state index is 12.9. The highest BCUT2D eigenvalue weighted by Gasteiger charge is 2.29. The van der Waals surface area contributed by atoms with Gasteiger partial charge in [0.25, 0.3) is 5.91 Å². The number of carbonyl (C=O) groups excluding carboxylic acids is 2. The van der Waals surface area contributed by atoms with Gasteiger partial charge in [-0.05, 0) is 42.7 Å². The predicted octanol–water partition coefficient (Wildman–Crippen LogP) is 3.43. The molecule has 0 bridgehead atoms. The van der Waals surface area contributed by atoms with Crippen LogP contribution in [0, 0.1) is 0 Å². The molecule has 1 atom stereocenters. The fourth-order valence-electron chi connectivity index (χ4n) is 2.87.